The second kappa shape index (κ2) is 2.72. The van der Waals surface area contributed by atoms with Crippen LogP contribution in [0.15, 0.2) is 0 Å². The maximum absolute atomic E-state index is 10.7. The van der Waals surface area contributed by atoms with Crippen molar-refractivity contribution in [3.63, 3.8) is 0 Å². The first-order chi connectivity index (χ1) is 3.25. The third-order valence-electron chi connectivity index (χ3n) is 0.292. The van der Waals surface area contributed by atoms with Gasteiger partial charge in [-0.2, -0.15) is 21.6 Å². The topological polar surface area (TPSA) is 54.4 Å². The van der Waals surface area contributed by atoms with Gasteiger partial charge in [0.1, 0.15) is 0 Å². The normalized spacial score (nSPS) is 12.4. The molecule has 0 spiro atoms. The summed E-state index contributed by atoms with van der Waals surface area (Å²) < 4.78 is 57.5. The molecule has 0 saturated carbocycles. The predicted octanol–water partition coefficient (Wildman–Crippen LogP) is -2.60. The van der Waals surface area contributed by atoms with E-state index >= 15 is 0 Å². The number of halogens is 4. The number of alkyl halides is 3. The zero-order valence-corrected chi connectivity index (χ0v) is 5.26. The van der Waals surface area contributed by atoms with Crippen LogP contribution in [0.4, 0.5) is 13.2 Å². The van der Waals surface area contributed by atoms with Gasteiger partial charge >= 0.3 is 15.6 Å². The Bertz CT molecular complexity index is 168. The minimum atomic E-state index is -5.84. The molecule has 0 aliphatic carbocycles. The third-order valence-corrected chi connectivity index (χ3v) is 0.877. The summed E-state index contributed by atoms with van der Waals surface area (Å²) in [6.45, 7) is 0. The highest BCUT2D eigenvalue weighted by Crippen LogP contribution is 2.20. The summed E-state index contributed by atoms with van der Waals surface area (Å²) in [6.07, 6.45) is 0. The molecule has 0 aromatic rings. The molecule has 0 bridgehead atoms. The molecular formula is CHClF3O3S-. The molecule has 0 unspecified atom stereocenters. The maximum Gasteiger partial charge on any atom is 0.522 e. The van der Waals surface area contributed by atoms with E-state index in [2.05, 4.69) is 0 Å². The van der Waals surface area contributed by atoms with Crippen LogP contribution >= 0.6 is 0 Å². The molecule has 0 aliphatic rings. The zero-order chi connectivity index (χ0) is 7.00. The average Bonchev–Trinajstić information content (AvgIpc) is 1.25. The van der Waals surface area contributed by atoms with Crippen molar-refractivity contribution in [3.05, 3.63) is 0 Å². The van der Waals surface area contributed by atoms with Crippen LogP contribution in [0, 0.1) is 0 Å². The van der Waals surface area contributed by atoms with E-state index in [0.717, 1.165) is 0 Å². The first-order valence-corrected chi connectivity index (χ1v) is 2.73. The molecule has 0 aromatic carbocycles. The fourth-order valence-electron chi connectivity index (χ4n) is 0. The number of rotatable bonds is 0. The highest BCUT2D eigenvalue weighted by Gasteiger charge is 2.44. The van der Waals surface area contributed by atoms with Gasteiger partial charge in [-0.05, 0) is 0 Å². The standard InChI is InChI=1S/CHF3O3S.ClH/c2-1(3,4)8(5,6)7;/h(H,5,6,7);1H/p-1. The van der Waals surface area contributed by atoms with Gasteiger partial charge in [0.15, 0.2) is 0 Å². The van der Waals surface area contributed by atoms with Crippen LogP contribution in [0.5, 0.6) is 0 Å². The molecule has 0 aromatic heterocycles. The Kier molecular flexibility index (Phi) is 3.54. The lowest BCUT2D eigenvalue weighted by molar-refractivity contribution is -0.0510. The highest BCUT2D eigenvalue weighted by molar-refractivity contribution is 7.86. The van der Waals surface area contributed by atoms with Crippen molar-refractivity contribution in [1.82, 2.24) is 0 Å². The van der Waals surface area contributed by atoms with Gasteiger partial charge in [0.25, 0.3) is 0 Å². The Morgan fingerprint density at radius 2 is 1.33 bits per heavy atom. The van der Waals surface area contributed by atoms with E-state index in [1.54, 1.807) is 0 Å². The highest BCUT2D eigenvalue weighted by atomic mass is 35.5. The fourth-order valence-corrected chi connectivity index (χ4v) is 0. The van der Waals surface area contributed by atoms with Crippen LogP contribution in [0.3, 0.4) is 0 Å². The molecule has 0 aliphatic heterocycles. The Balaban J connectivity index is 0. The molecule has 9 heavy (non-hydrogen) atoms. The lowest BCUT2D eigenvalue weighted by Crippen LogP contribution is -3.00. The molecule has 8 heteroatoms. The van der Waals surface area contributed by atoms with E-state index in [0.29, 0.717) is 0 Å². The molecule has 0 heterocycles. The van der Waals surface area contributed by atoms with Gasteiger partial charge in [0.2, 0.25) is 0 Å². The van der Waals surface area contributed by atoms with Crippen LogP contribution in [0.2, 0.25) is 0 Å². The Labute approximate surface area is 55.0 Å². The lowest BCUT2D eigenvalue weighted by Gasteiger charge is -1.97. The number of hydrogen-bond donors (Lipinski definition) is 1. The van der Waals surface area contributed by atoms with Crippen molar-refractivity contribution < 1.29 is 38.5 Å². The van der Waals surface area contributed by atoms with Crippen LogP contribution in [0.25, 0.3) is 0 Å². The van der Waals surface area contributed by atoms with Crippen molar-refractivity contribution in [2.45, 2.75) is 5.51 Å². The minimum Gasteiger partial charge on any atom is -1.00 e. The van der Waals surface area contributed by atoms with Gasteiger partial charge in [0, 0.05) is 0 Å². The lowest BCUT2D eigenvalue weighted by atomic mass is 11.6. The SMILES string of the molecule is O=S(=O)(O)C(F)(F)F.[Cl-]. The van der Waals surface area contributed by atoms with Gasteiger partial charge in [-0.3, -0.25) is 4.55 Å². The summed E-state index contributed by atoms with van der Waals surface area (Å²) >= 11 is 0. The molecule has 0 radical (unpaired) electrons. The largest absolute Gasteiger partial charge is 1.00 e. The van der Waals surface area contributed by atoms with Crippen molar-refractivity contribution in [3.8, 4) is 0 Å². The summed E-state index contributed by atoms with van der Waals surface area (Å²) in [6, 6.07) is 0. The molecule has 0 rings (SSSR count). The van der Waals surface area contributed by atoms with Crippen molar-refractivity contribution in [1.29, 1.82) is 0 Å². The number of hydrogen-bond acceptors (Lipinski definition) is 2. The van der Waals surface area contributed by atoms with Crippen LogP contribution < -0.4 is 12.4 Å². The second-order valence-corrected chi connectivity index (χ2v) is 2.33. The fraction of sp³-hybridized carbons (Fsp3) is 1.00. The smallest absolute Gasteiger partial charge is 0.522 e. The quantitative estimate of drug-likeness (QED) is 0.333. The third kappa shape index (κ3) is 3.55. The van der Waals surface area contributed by atoms with Gasteiger partial charge in [0.05, 0.1) is 0 Å². The van der Waals surface area contributed by atoms with E-state index < -0.39 is 15.6 Å². The van der Waals surface area contributed by atoms with E-state index in [1.165, 1.54) is 0 Å². The second-order valence-electron chi connectivity index (χ2n) is 0.921. The first kappa shape index (κ1) is 11.7. The summed E-state index contributed by atoms with van der Waals surface area (Å²) in [5.74, 6) is 0. The molecule has 1 N–H and O–H groups in total. The van der Waals surface area contributed by atoms with Gasteiger partial charge < -0.3 is 12.4 Å². The van der Waals surface area contributed by atoms with Crippen LogP contribution in [-0.4, -0.2) is 18.5 Å². The molecule has 3 nitrogen and oxygen atoms in total. The summed E-state index contributed by atoms with van der Waals surface area (Å²) in [5.41, 5.74) is -5.53. The van der Waals surface area contributed by atoms with E-state index in [1.807, 2.05) is 0 Å². The summed E-state index contributed by atoms with van der Waals surface area (Å²) in [4.78, 5) is 0. The van der Waals surface area contributed by atoms with Crippen molar-refractivity contribution in [2.24, 2.45) is 0 Å². The molecule has 0 saturated heterocycles. The Hall–Kier alpha value is -0.0100. The summed E-state index contributed by atoms with van der Waals surface area (Å²) in [7, 11) is -5.84. The van der Waals surface area contributed by atoms with Gasteiger partial charge in [-0.25, -0.2) is 0 Å². The molecule has 58 valence electrons. The molecule has 0 amide bonds. The van der Waals surface area contributed by atoms with Gasteiger partial charge in [-0.1, -0.05) is 0 Å². The predicted molar refractivity (Wildman–Crippen MR) is 17.6 cm³/mol. The minimum absolute atomic E-state index is 0. The monoisotopic (exact) mass is 185 g/mol. The average molecular weight is 186 g/mol. The van der Waals surface area contributed by atoms with Crippen molar-refractivity contribution >= 4 is 10.1 Å². The van der Waals surface area contributed by atoms with Gasteiger partial charge in [-0.15, -0.1) is 0 Å². The van der Waals surface area contributed by atoms with E-state index in [9.17, 15) is 13.2 Å². The molecule has 0 atom stereocenters. The van der Waals surface area contributed by atoms with E-state index in [4.69, 9.17) is 13.0 Å². The molecular weight excluding hydrogens is 185 g/mol. The van der Waals surface area contributed by atoms with E-state index in [-0.39, 0.29) is 12.4 Å². The zero-order valence-electron chi connectivity index (χ0n) is 3.68. The summed E-state index contributed by atoms with van der Waals surface area (Å²) in [5, 5.41) is 0. The van der Waals surface area contributed by atoms with Crippen LogP contribution in [0.1, 0.15) is 0 Å². The molecule has 0 fully saturated rings. The Morgan fingerprint density at radius 3 is 1.33 bits per heavy atom. The van der Waals surface area contributed by atoms with Crippen LogP contribution in [-0.2, 0) is 10.1 Å². The maximum atomic E-state index is 10.7. The Morgan fingerprint density at radius 1 is 1.22 bits per heavy atom. The van der Waals surface area contributed by atoms with Crippen molar-refractivity contribution in [2.75, 3.05) is 0 Å². The first-order valence-electron chi connectivity index (χ1n) is 1.29.